The molecule has 0 heterocycles. The standard InChI is InChI=1S/C24H20/c1-15-14-21-23(19-11-7-6-9-17(15)19)22-18-10-5-4-8-16(18)12-13-20(22)24(21,2)3/h4-14H,1-3H3. The molecule has 0 aliphatic heterocycles. The topological polar surface area (TPSA) is 0 Å². The Morgan fingerprint density at radius 1 is 0.625 bits per heavy atom. The Balaban J connectivity index is 2.07. The Labute approximate surface area is 142 Å². The van der Waals surface area contributed by atoms with Crippen molar-refractivity contribution in [2.24, 2.45) is 0 Å². The number of hydrogen-bond donors (Lipinski definition) is 0. The van der Waals surface area contributed by atoms with Crippen LogP contribution in [0.15, 0.2) is 66.7 Å². The minimum absolute atomic E-state index is 0.0451. The second-order valence-electron chi connectivity index (χ2n) is 7.50. The van der Waals surface area contributed by atoms with Crippen LogP contribution in [0.25, 0.3) is 32.7 Å². The molecule has 1 aliphatic rings. The van der Waals surface area contributed by atoms with Crippen molar-refractivity contribution in [1.82, 2.24) is 0 Å². The van der Waals surface area contributed by atoms with E-state index in [4.69, 9.17) is 0 Å². The predicted octanol–water partition coefficient (Wildman–Crippen LogP) is 6.61. The van der Waals surface area contributed by atoms with E-state index < -0.39 is 0 Å². The number of aryl methyl sites for hydroxylation is 1. The second-order valence-corrected chi connectivity index (χ2v) is 7.50. The maximum Gasteiger partial charge on any atom is 0.0159 e. The van der Waals surface area contributed by atoms with E-state index in [0.717, 1.165) is 0 Å². The van der Waals surface area contributed by atoms with Crippen molar-refractivity contribution in [2.75, 3.05) is 0 Å². The van der Waals surface area contributed by atoms with Gasteiger partial charge in [0.1, 0.15) is 0 Å². The summed E-state index contributed by atoms with van der Waals surface area (Å²) < 4.78 is 0. The molecule has 0 nitrogen and oxygen atoms in total. The lowest BCUT2D eigenvalue weighted by atomic mass is 9.81. The van der Waals surface area contributed by atoms with Crippen LogP contribution in [0.3, 0.4) is 0 Å². The fourth-order valence-corrected chi connectivity index (χ4v) is 4.53. The molecule has 0 amide bonds. The molecule has 0 fully saturated rings. The molecule has 0 heteroatoms. The minimum atomic E-state index is 0.0451. The van der Waals surface area contributed by atoms with E-state index in [2.05, 4.69) is 87.5 Å². The van der Waals surface area contributed by atoms with Crippen LogP contribution in [0.1, 0.15) is 30.5 Å². The highest BCUT2D eigenvalue weighted by atomic mass is 14.4. The van der Waals surface area contributed by atoms with Crippen LogP contribution in [-0.2, 0) is 5.41 Å². The van der Waals surface area contributed by atoms with E-state index in [1.54, 1.807) is 0 Å². The quantitative estimate of drug-likeness (QED) is 0.343. The Bertz CT molecular complexity index is 1130. The molecule has 0 radical (unpaired) electrons. The van der Waals surface area contributed by atoms with Gasteiger partial charge in [0.2, 0.25) is 0 Å². The maximum atomic E-state index is 2.41. The van der Waals surface area contributed by atoms with E-state index in [1.165, 1.54) is 49.4 Å². The van der Waals surface area contributed by atoms with Crippen molar-refractivity contribution in [3.8, 4) is 11.1 Å². The molecule has 116 valence electrons. The minimum Gasteiger partial charge on any atom is -0.0616 e. The molecular formula is C24H20. The summed E-state index contributed by atoms with van der Waals surface area (Å²) in [5, 5.41) is 5.45. The van der Waals surface area contributed by atoms with Gasteiger partial charge in [-0.25, -0.2) is 0 Å². The third-order valence-electron chi connectivity index (χ3n) is 5.78. The summed E-state index contributed by atoms with van der Waals surface area (Å²) in [7, 11) is 0. The van der Waals surface area contributed by atoms with Crippen molar-refractivity contribution < 1.29 is 0 Å². The van der Waals surface area contributed by atoms with Crippen LogP contribution in [0.5, 0.6) is 0 Å². The first-order valence-electron chi connectivity index (χ1n) is 8.64. The third kappa shape index (κ3) is 1.58. The first-order valence-corrected chi connectivity index (χ1v) is 8.64. The summed E-state index contributed by atoms with van der Waals surface area (Å²) in [6.45, 7) is 6.96. The molecule has 0 saturated heterocycles. The Morgan fingerprint density at radius 2 is 1.25 bits per heavy atom. The van der Waals surface area contributed by atoms with Gasteiger partial charge in [0.25, 0.3) is 0 Å². The predicted molar refractivity (Wildman–Crippen MR) is 104 cm³/mol. The normalized spacial score (nSPS) is 14.8. The van der Waals surface area contributed by atoms with Crippen LogP contribution < -0.4 is 0 Å². The van der Waals surface area contributed by atoms with Gasteiger partial charge >= 0.3 is 0 Å². The van der Waals surface area contributed by atoms with Crippen LogP contribution in [0.4, 0.5) is 0 Å². The summed E-state index contributed by atoms with van der Waals surface area (Å²) in [6, 6.07) is 24.6. The molecule has 0 N–H and O–H groups in total. The monoisotopic (exact) mass is 308 g/mol. The van der Waals surface area contributed by atoms with E-state index in [1.807, 2.05) is 0 Å². The van der Waals surface area contributed by atoms with Gasteiger partial charge in [0.05, 0.1) is 0 Å². The molecule has 4 aromatic carbocycles. The van der Waals surface area contributed by atoms with Crippen molar-refractivity contribution >= 4 is 21.5 Å². The van der Waals surface area contributed by atoms with Gasteiger partial charge in [-0.05, 0) is 56.3 Å². The smallest absolute Gasteiger partial charge is 0.0159 e. The van der Waals surface area contributed by atoms with Crippen molar-refractivity contribution in [2.45, 2.75) is 26.2 Å². The van der Waals surface area contributed by atoms with Crippen molar-refractivity contribution in [3.63, 3.8) is 0 Å². The van der Waals surface area contributed by atoms with Gasteiger partial charge in [-0.15, -0.1) is 0 Å². The van der Waals surface area contributed by atoms with Crippen LogP contribution in [-0.4, -0.2) is 0 Å². The van der Waals surface area contributed by atoms with Gasteiger partial charge in [-0.3, -0.25) is 0 Å². The van der Waals surface area contributed by atoms with Crippen LogP contribution >= 0.6 is 0 Å². The summed E-state index contributed by atoms with van der Waals surface area (Å²) in [4.78, 5) is 0. The molecule has 24 heavy (non-hydrogen) atoms. The zero-order valence-electron chi connectivity index (χ0n) is 14.4. The molecule has 4 aromatic rings. The van der Waals surface area contributed by atoms with E-state index in [-0.39, 0.29) is 5.41 Å². The molecule has 0 atom stereocenters. The Kier molecular flexibility index (Phi) is 2.58. The number of rotatable bonds is 0. The first-order chi connectivity index (χ1) is 11.6. The Morgan fingerprint density at radius 3 is 2.04 bits per heavy atom. The fraction of sp³-hybridized carbons (Fsp3) is 0.167. The van der Waals surface area contributed by atoms with Gasteiger partial charge in [0, 0.05) is 5.41 Å². The molecule has 0 saturated carbocycles. The SMILES string of the molecule is Cc1cc2c(c3ccccc13)-c1c(ccc3ccccc13)C2(C)C. The highest BCUT2D eigenvalue weighted by Crippen LogP contribution is 2.53. The maximum absolute atomic E-state index is 2.41. The molecule has 0 spiro atoms. The van der Waals surface area contributed by atoms with Gasteiger partial charge < -0.3 is 0 Å². The zero-order chi connectivity index (χ0) is 16.5. The van der Waals surface area contributed by atoms with Gasteiger partial charge in [0.15, 0.2) is 0 Å². The highest BCUT2D eigenvalue weighted by molar-refractivity contribution is 6.11. The van der Waals surface area contributed by atoms with Gasteiger partial charge in [-0.2, -0.15) is 0 Å². The van der Waals surface area contributed by atoms with Crippen molar-refractivity contribution in [1.29, 1.82) is 0 Å². The highest BCUT2D eigenvalue weighted by Gasteiger charge is 2.37. The number of hydrogen-bond acceptors (Lipinski definition) is 0. The van der Waals surface area contributed by atoms with E-state index in [0.29, 0.717) is 0 Å². The average Bonchev–Trinajstić information content (AvgIpc) is 2.83. The second kappa shape index (κ2) is 4.48. The molecular weight excluding hydrogens is 288 g/mol. The van der Waals surface area contributed by atoms with Crippen LogP contribution in [0, 0.1) is 6.92 Å². The molecule has 0 aromatic heterocycles. The molecule has 0 bridgehead atoms. The molecule has 1 aliphatic carbocycles. The number of fused-ring (bicyclic) bond motifs is 7. The average molecular weight is 308 g/mol. The third-order valence-corrected chi connectivity index (χ3v) is 5.78. The largest absolute Gasteiger partial charge is 0.0616 e. The first kappa shape index (κ1) is 13.8. The summed E-state index contributed by atoms with van der Waals surface area (Å²) in [6.07, 6.45) is 0. The van der Waals surface area contributed by atoms with E-state index >= 15 is 0 Å². The summed E-state index contributed by atoms with van der Waals surface area (Å²) in [5.41, 5.74) is 7.20. The number of benzene rings is 4. The van der Waals surface area contributed by atoms with Crippen LogP contribution in [0.2, 0.25) is 0 Å². The molecule has 5 rings (SSSR count). The lowest BCUT2D eigenvalue weighted by Crippen LogP contribution is -2.15. The van der Waals surface area contributed by atoms with E-state index in [9.17, 15) is 0 Å². The lowest BCUT2D eigenvalue weighted by molar-refractivity contribution is 0.661. The summed E-state index contributed by atoms with van der Waals surface area (Å²) >= 11 is 0. The molecule has 0 unspecified atom stereocenters. The summed E-state index contributed by atoms with van der Waals surface area (Å²) in [5.74, 6) is 0. The van der Waals surface area contributed by atoms with Gasteiger partial charge in [-0.1, -0.05) is 80.6 Å². The van der Waals surface area contributed by atoms with Crippen molar-refractivity contribution in [3.05, 3.63) is 83.4 Å². The lowest BCUT2D eigenvalue weighted by Gasteiger charge is -2.22. The fourth-order valence-electron chi connectivity index (χ4n) is 4.53. The zero-order valence-corrected chi connectivity index (χ0v) is 14.4. The Hall–Kier alpha value is -2.60.